The van der Waals surface area contributed by atoms with Crippen molar-refractivity contribution in [1.82, 2.24) is 10.2 Å². The maximum Gasteiger partial charge on any atom is 0.471 e. The van der Waals surface area contributed by atoms with Crippen molar-refractivity contribution >= 4 is 35.2 Å². The van der Waals surface area contributed by atoms with Crippen LogP contribution < -0.4 is 5.32 Å². The monoisotopic (exact) mass is 412 g/mol. The molecule has 0 radical (unpaired) electrons. The van der Waals surface area contributed by atoms with Crippen molar-refractivity contribution in [2.45, 2.75) is 18.0 Å². The van der Waals surface area contributed by atoms with Crippen molar-refractivity contribution in [3.05, 3.63) is 46.5 Å². The third-order valence-corrected chi connectivity index (χ3v) is 4.51. The Morgan fingerprint density at radius 3 is 2.38 bits per heavy atom. The number of nitrogens with zero attached hydrogens (tertiary/aromatic N) is 1. The Labute approximate surface area is 158 Å². The van der Waals surface area contributed by atoms with Crippen LogP contribution in [0.5, 0.6) is 0 Å². The number of likely N-dealkylation sites (N-methyl/N-ethyl adjacent to an activating group) is 1. The number of rotatable bonds is 7. The molecule has 1 aromatic carbocycles. The highest BCUT2D eigenvalue weighted by molar-refractivity contribution is 6.42. The molecule has 0 heterocycles. The van der Waals surface area contributed by atoms with Crippen molar-refractivity contribution in [1.29, 1.82) is 0 Å². The minimum atomic E-state index is -5.05. The highest BCUT2D eigenvalue weighted by Gasteiger charge is 2.44. The van der Waals surface area contributed by atoms with Gasteiger partial charge >= 0.3 is 18.2 Å². The SMILES string of the molecule is C=CCC(CNC(=O)O)(CN(C)C(=O)C(F)(F)F)c1ccc(Cl)c(Cl)c1. The van der Waals surface area contributed by atoms with Crippen molar-refractivity contribution in [3.8, 4) is 0 Å². The third-order valence-electron chi connectivity index (χ3n) is 3.77. The van der Waals surface area contributed by atoms with E-state index >= 15 is 0 Å². The zero-order valence-corrected chi connectivity index (χ0v) is 15.3. The minimum Gasteiger partial charge on any atom is -0.465 e. The van der Waals surface area contributed by atoms with E-state index in [2.05, 4.69) is 11.9 Å². The molecule has 144 valence electrons. The van der Waals surface area contributed by atoms with Gasteiger partial charge in [0.05, 0.1) is 10.0 Å². The van der Waals surface area contributed by atoms with Crippen LogP contribution >= 0.6 is 23.2 Å². The summed E-state index contributed by atoms with van der Waals surface area (Å²) in [6.45, 7) is 2.90. The average molecular weight is 413 g/mol. The number of benzene rings is 1. The molecule has 5 nitrogen and oxygen atoms in total. The fourth-order valence-electron chi connectivity index (χ4n) is 2.59. The van der Waals surface area contributed by atoms with Gasteiger partial charge in [0.2, 0.25) is 0 Å². The van der Waals surface area contributed by atoms with Crippen LogP contribution in [0.1, 0.15) is 12.0 Å². The van der Waals surface area contributed by atoms with Gasteiger partial charge in [-0.05, 0) is 24.1 Å². The normalized spacial score (nSPS) is 13.6. The van der Waals surface area contributed by atoms with Crippen LogP contribution in [-0.2, 0) is 10.2 Å². The Morgan fingerprint density at radius 1 is 1.31 bits per heavy atom. The molecule has 1 aromatic rings. The Kier molecular flexibility index (Phi) is 7.35. The molecule has 0 spiro atoms. The molecule has 0 bridgehead atoms. The van der Waals surface area contributed by atoms with Gasteiger partial charge in [-0.15, -0.1) is 6.58 Å². The summed E-state index contributed by atoms with van der Waals surface area (Å²) in [6, 6.07) is 4.40. The largest absolute Gasteiger partial charge is 0.471 e. The highest BCUT2D eigenvalue weighted by Crippen LogP contribution is 2.34. The number of amides is 2. The number of hydrogen-bond acceptors (Lipinski definition) is 2. The van der Waals surface area contributed by atoms with Crippen molar-refractivity contribution in [2.24, 2.45) is 0 Å². The van der Waals surface area contributed by atoms with E-state index in [9.17, 15) is 22.8 Å². The minimum absolute atomic E-state index is 0.0840. The molecule has 1 unspecified atom stereocenters. The third kappa shape index (κ3) is 5.54. The molecule has 0 saturated carbocycles. The standard InChI is InChI=1S/C16H17Cl2F3N2O3/c1-3-6-15(8-22-14(25)26,9-23(2)13(24)16(19,20)21)10-4-5-11(17)12(18)7-10/h3-5,7,22H,1,6,8-9H2,2H3,(H,25,26). The molecule has 2 amide bonds. The van der Waals surface area contributed by atoms with Gasteiger partial charge < -0.3 is 15.3 Å². The van der Waals surface area contributed by atoms with Crippen molar-refractivity contribution in [2.75, 3.05) is 20.1 Å². The summed E-state index contributed by atoms with van der Waals surface area (Å²) in [6.07, 6.45) is -4.89. The second-order valence-electron chi connectivity index (χ2n) is 5.72. The Hall–Kier alpha value is -1.93. The molecular weight excluding hydrogens is 396 g/mol. The highest BCUT2D eigenvalue weighted by atomic mass is 35.5. The lowest BCUT2D eigenvalue weighted by atomic mass is 9.76. The Balaban J connectivity index is 3.37. The van der Waals surface area contributed by atoms with Gasteiger partial charge in [-0.3, -0.25) is 4.79 Å². The summed E-state index contributed by atoms with van der Waals surface area (Å²) in [5, 5.41) is 11.5. The number of carbonyl (C=O) groups excluding carboxylic acids is 1. The van der Waals surface area contributed by atoms with Crippen LogP contribution in [-0.4, -0.2) is 48.3 Å². The predicted octanol–water partition coefficient (Wildman–Crippen LogP) is 4.10. The smallest absolute Gasteiger partial charge is 0.465 e. The van der Waals surface area contributed by atoms with Gasteiger partial charge in [-0.2, -0.15) is 13.2 Å². The van der Waals surface area contributed by atoms with Crippen LogP contribution in [0, 0.1) is 0 Å². The van der Waals surface area contributed by atoms with Gasteiger partial charge in [-0.25, -0.2) is 4.79 Å². The zero-order valence-electron chi connectivity index (χ0n) is 13.7. The molecule has 0 fully saturated rings. The number of nitrogens with one attached hydrogen (secondary N) is 1. The van der Waals surface area contributed by atoms with Crippen LogP contribution in [0.4, 0.5) is 18.0 Å². The van der Waals surface area contributed by atoms with E-state index in [1.165, 1.54) is 24.3 Å². The lowest BCUT2D eigenvalue weighted by Crippen LogP contribution is -2.51. The summed E-state index contributed by atoms with van der Waals surface area (Å²) in [5.74, 6) is -2.04. The van der Waals surface area contributed by atoms with E-state index < -0.39 is 30.1 Å². The fraction of sp³-hybridized carbons (Fsp3) is 0.375. The molecule has 1 atom stereocenters. The van der Waals surface area contributed by atoms with Gasteiger partial charge in [0.25, 0.3) is 0 Å². The Bertz CT molecular complexity index is 698. The van der Waals surface area contributed by atoms with Crippen LogP contribution in [0.3, 0.4) is 0 Å². The van der Waals surface area contributed by atoms with E-state index in [1.54, 1.807) is 0 Å². The molecule has 0 aliphatic rings. The second kappa shape index (κ2) is 8.64. The number of carboxylic acid groups (broad SMARTS) is 1. The van der Waals surface area contributed by atoms with Gasteiger partial charge in [0, 0.05) is 25.6 Å². The molecule has 0 aromatic heterocycles. The lowest BCUT2D eigenvalue weighted by molar-refractivity contribution is -0.184. The average Bonchev–Trinajstić information content (AvgIpc) is 2.53. The summed E-state index contributed by atoms with van der Waals surface area (Å²) < 4.78 is 38.2. The first-order valence-corrected chi connectivity index (χ1v) is 8.04. The number of allylic oxidation sites excluding steroid dienone is 1. The first-order valence-electron chi connectivity index (χ1n) is 7.28. The maximum absolute atomic E-state index is 12.7. The van der Waals surface area contributed by atoms with E-state index in [4.69, 9.17) is 28.3 Å². The summed E-state index contributed by atoms with van der Waals surface area (Å²) in [5.41, 5.74) is -0.799. The maximum atomic E-state index is 12.7. The van der Waals surface area contributed by atoms with Gasteiger partial charge in [-0.1, -0.05) is 35.3 Å². The molecular formula is C16H17Cl2F3N2O3. The zero-order chi connectivity index (χ0) is 20.1. The van der Waals surface area contributed by atoms with E-state index in [-0.39, 0.29) is 23.0 Å². The first-order chi connectivity index (χ1) is 11.9. The van der Waals surface area contributed by atoms with E-state index in [0.717, 1.165) is 7.05 Å². The first kappa shape index (κ1) is 22.1. The molecule has 26 heavy (non-hydrogen) atoms. The number of halogens is 5. The number of hydrogen-bond donors (Lipinski definition) is 2. The van der Waals surface area contributed by atoms with Crippen molar-refractivity contribution < 1.29 is 27.9 Å². The molecule has 10 heteroatoms. The molecule has 0 aliphatic heterocycles. The van der Waals surface area contributed by atoms with Crippen molar-refractivity contribution in [3.63, 3.8) is 0 Å². The molecule has 2 N–H and O–H groups in total. The topological polar surface area (TPSA) is 69.6 Å². The predicted molar refractivity (Wildman–Crippen MR) is 92.7 cm³/mol. The summed E-state index contributed by atoms with van der Waals surface area (Å²) >= 11 is 11.9. The van der Waals surface area contributed by atoms with Gasteiger partial charge in [0.15, 0.2) is 0 Å². The Morgan fingerprint density at radius 2 is 1.92 bits per heavy atom. The van der Waals surface area contributed by atoms with Gasteiger partial charge in [0.1, 0.15) is 0 Å². The van der Waals surface area contributed by atoms with Crippen LogP contribution in [0.25, 0.3) is 0 Å². The lowest BCUT2D eigenvalue weighted by Gasteiger charge is -2.37. The van der Waals surface area contributed by atoms with E-state index in [0.29, 0.717) is 10.5 Å². The summed E-state index contributed by atoms with van der Waals surface area (Å²) in [4.78, 5) is 23.0. The number of alkyl halides is 3. The fourth-order valence-corrected chi connectivity index (χ4v) is 2.89. The quantitative estimate of drug-likeness (QED) is 0.662. The second-order valence-corrected chi connectivity index (χ2v) is 6.53. The summed E-state index contributed by atoms with van der Waals surface area (Å²) in [7, 11) is 0.992. The van der Waals surface area contributed by atoms with E-state index in [1.807, 2.05) is 0 Å². The van der Waals surface area contributed by atoms with Crippen LogP contribution in [0.2, 0.25) is 10.0 Å². The number of carbonyl (C=O) groups is 2. The molecule has 1 rings (SSSR count). The van der Waals surface area contributed by atoms with Crippen LogP contribution in [0.15, 0.2) is 30.9 Å². The molecule has 0 aliphatic carbocycles. The molecule has 0 saturated heterocycles.